The van der Waals surface area contributed by atoms with E-state index in [9.17, 15) is 4.79 Å². The van der Waals surface area contributed by atoms with Crippen molar-refractivity contribution in [1.29, 1.82) is 0 Å². The quantitative estimate of drug-likeness (QED) is 0.440. The van der Waals surface area contributed by atoms with Crippen molar-refractivity contribution in [2.45, 2.75) is 6.92 Å². The summed E-state index contributed by atoms with van der Waals surface area (Å²) in [4.78, 5) is 14.7. The third kappa shape index (κ3) is 1.44. The molecule has 0 aliphatic carbocycles. The van der Waals surface area contributed by atoms with Gasteiger partial charge in [-0.05, 0) is 12.1 Å². The van der Waals surface area contributed by atoms with Gasteiger partial charge in [0.25, 0.3) is 0 Å². The Balaban J connectivity index is 3.26. The van der Waals surface area contributed by atoms with Crippen LogP contribution in [0.2, 0.25) is 0 Å². The van der Waals surface area contributed by atoms with Crippen molar-refractivity contribution in [3.63, 3.8) is 0 Å². The van der Waals surface area contributed by atoms with Crippen LogP contribution in [-0.4, -0.2) is 10.8 Å². The van der Waals surface area contributed by atoms with E-state index in [1.54, 1.807) is 18.3 Å². The highest BCUT2D eigenvalue weighted by atomic mass is 16.1. The number of Topliss-reactive ketones (excluding diaryl/α,β-unsaturated/α-hetero) is 1. The van der Waals surface area contributed by atoms with Gasteiger partial charge in [-0.2, -0.15) is 0 Å². The van der Waals surface area contributed by atoms with Crippen LogP contribution in [0.1, 0.15) is 23.0 Å². The minimum absolute atomic E-state index is 0.0986. The summed E-state index contributed by atoms with van der Waals surface area (Å²) in [5.74, 6) is 2.30. The molecular formula is C9H7NO. The highest BCUT2D eigenvalue weighted by Crippen LogP contribution is 2.03. The van der Waals surface area contributed by atoms with Crippen molar-refractivity contribution in [2.24, 2.45) is 0 Å². The molecule has 0 unspecified atom stereocenters. The Morgan fingerprint density at radius 2 is 2.45 bits per heavy atom. The van der Waals surface area contributed by atoms with Crippen molar-refractivity contribution in [2.75, 3.05) is 0 Å². The smallest absolute Gasteiger partial charge is 0.179 e. The molecule has 1 rings (SSSR count). The van der Waals surface area contributed by atoms with Gasteiger partial charge in [-0.25, -0.2) is 0 Å². The molecule has 0 aromatic carbocycles. The third-order valence-corrected chi connectivity index (χ3v) is 1.30. The fraction of sp³-hybridized carbons (Fsp3) is 0.111. The normalized spacial score (nSPS) is 8.73. The molecule has 0 fully saturated rings. The summed E-state index contributed by atoms with van der Waals surface area (Å²) in [5, 5.41) is 0. The van der Waals surface area contributed by atoms with E-state index in [0.29, 0.717) is 11.3 Å². The predicted octanol–water partition coefficient (Wildman–Crippen LogP) is 1.27. The zero-order chi connectivity index (χ0) is 8.27. The number of pyridine rings is 1. The first-order chi connectivity index (χ1) is 5.25. The van der Waals surface area contributed by atoms with Gasteiger partial charge >= 0.3 is 0 Å². The zero-order valence-corrected chi connectivity index (χ0v) is 6.16. The number of carbonyl (C=O) groups is 1. The number of ketones is 1. The lowest BCUT2D eigenvalue weighted by molar-refractivity contribution is 0.101. The van der Waals surface area contributed by atoms with Crippen LogP contribution < -0.4 is 0 Å². The molecule has 0 saturated heterocycles. The first kappa shape index (κ1) is 7.49. The van der Waals surface area contributed by atoms with Gasteiger partial charge in [0.15, 0.2) is 5.78 Å². The fourth-order valence-corrected chi connectivity index (χ4v) is 0.802. The van der Waals surface area contributed by atoms with Crippen LogP contribution in [0, 0.1) is 12.3 Å². The number of hydrogen-bond donors (Lipinski definition) is 0. The molecule has 1 aromatic rings. The summed E-state index contributed by atoms with van der Waals surface area (Å²) in [5.41, 5.74) is 0.926. The van der Waals surface area contributed by atoms with E-state index in [4.69, 9.17) is 6.42 Å². The summed E-state index contributed by atoms with van der Waals surface area (Å²) in [7, 11) is 0. The van der Waals surface area contributed by atoms with Crippen LogP contribution in [0.25, 0.3) is 0 Å². The number of carbonyl (C=O) groups excluding carboxylic acids is 1. The lowest BCUT2D eigenvalue weighted by Gasteiger charge is -1.95. The molecule has 0 N–H and O–H groups in total. The number of rotatable bonds is 1. The van der Waals surface area contributed by atoms with E-state index in [0.717, 1.165) is 0 Å². The average Bonchev–Trinajstić information content (AvgIpc) is 2.04. The Morgan fingerprint density at radius 3 is 2.91 bits per heavy atom. The predicted molar refractivity (Wildman–Crippen MR) is 42.2 cm³/mol. The summed E-state index contributed by atoms with van der Waals surface area (Å²) in [6, 6.07) is 3.41. The van der Waals surface area contributed by atoms with Crippen LogP contribution in [0.3, 0.4) is 0 Å². The van der Waals surface area contributed by atoms with Crippen molar-refractivity contribution in [3.05, 3.63) is 29.6 Å². The van der Waals surface area contributed by atoms with Gasteiger partial charge in [0, 0.05) is 13.1 Å². The van der Waals surface area contributed by atoms with E-state index < -0.39 is 0 Å². The minimum Gasteiger partial charge on any atom is -0.293 e. The van der Waals surface area contributed by atoms with E-state index in [1.807, 2.05) is 0 Å². The molecule has 0 aliphatic rings. The Kier molecular flexibility index (Phi) is 2.03. The average molecular weight is 145 g/mol. The zero-order valence-electron chi connectivity index (χ0n) is 6.16. The maximum absolute atomic E-state index is 10.9. The van der Waals surface area contributed by atoms with E-state index in [1.165, 1.54) is 6.92 Å². The SMILES string of the molecule is C#Cc1cccnc1C(C)=O. The third-order valence-electron chi connectivity index (χ3n) is 1.30. The second kappa shape index (κ2) is 2.98. The molecule has 0 radical (unpaired) electrons. The standard InChI is InChI=1S/C9H7NO/c1-3-8-5-4-6-10-9(8)7(2)11/h1,4-6H,2H3. The molecule has 0 bridgehead atoms. The van der Waals surface area contributed by atoms with E-state index in [-0.39, 0.29) is 5.78 Å². The molecule has 0 saturated carbocycles. The van der Waals surface area contributed by atoms with Crippen molar-refractivity contribution in [3.8, 4) is 12.3 Å². The molecule has 2 nitrogen and oxygen atoms in total. The van der Waals surface area contributed by atoms with E-state index in [2.05, 4.69) is 10.9 Å². The molecule has 0 aliphatic heterocycles. The van der Waals surface area contributed by atoms with Crippen LogP contribution in [0.4, 0.5) is 0 Å². The second-order valence-electron chi connectivity index (χ2n) is 2.10. The summed E-state index contributed by atoms with van der Waals surface area (Å²) in [6.07, 6.45) is 6.70. The highest BCUT2D eigenvalue weighted by molar-refractivity contribution is 5.94. The van der Waals surface area contributed by atoms with Crippen LogP contribution in [0.5, 0.6) is 0 Å². The van der Waals surface area contributed by atoms with Gasteiger partial charge in [-0.15, -0.1) is 6.42 Å². The summed E-state index contributed by atoms with van der Waals surface area (Å²) < 4.78 is 0. The maximum atomic E-state index is 10.9. The number of hydrogen-bond acceptors (Lipinski definition) is 2. The van der Waals surface area contributed by atoms with Gasteiger partial charge in [0.1, 0.15) is 5.69 Å². The highest BCUT2D eigenvalue weighted by Gasteiger charge is 2.04. The molecule has 0 amide bonds. The van der Waals surface area contributed by atoms with Gasteiger partial charge in [-0.3, -0.25) is 9.78 Å². The lowest BCUT2D eigenvalue weighted by atomic mass is 10.1. The maximum Gasteiger partial charge on any atom is 0.179 e. The first-order valence-electron chi connectivity index (χ1n) is 3.18. The Hall–Kier alpha value is -1.62. The van der Waals surface area contributed by atoms with E-state index >= 15 is 0 Å². The van der Waals surface area contributed by atoms with Crippen LogP contribution >= 0.6 is 0 Å². The number of aromatic nitrogens is 1. The topological polar surface area (TPSA) is 30.0 Å². The largest absolute Gasteiger partial charge is 0.293 e. The molecule has 0 spiro atoms. The second-order valence-corrected chi connectivity index (χ2v) is 2.10. The van der Waals surface area contributed by atoms with Gasteiger partial charge in [-0.1, -0.05) is 5.92 Å². The van der Waals surface area contributed by atoms with Gasteiger partial charge < -0.3 is 0 Å². The fourth-order valence-electron chi connectivity index (χ4n) is 0.802. The van der Waals surface area contributed by atoms with Gasteiger partial charge in [0.05, 0.1) is 5.56 Å². The molecule has 0 atom stereocenters. The molecule has 1 aromatic heterocycles. The van der Waals surface area contributed by atoms with Crippen LogP contribution in [-0.2, 0) is 0 Å². The summed E-state index contributed by atoms with van der Waals surface area (Å²) >= 11 is 0. The van der Waals surface area contributed by atoms with Crippen molar-refractivity contribution >= 4 is 5.78 Å². The molecule has 54 valence electrons. The molecule has 1 heterocycles. The monoisotopic (exact) mass is 145 g/mol. The molecular weight excluding hydrogens is 138 g/mol. The van der Waals surface area contributed by atoms with Crippen molar-refractivity contribution in [1.82, 2.24) is 4.98 Å². The number of terminal acetylenes is 1. The van der Waals surface area contributed by atoms with Crippen molar-refractivity contribution < 1.29 is 4.79 Å². The molecule has 11 heavy (non-hydrogen) atoms. The minimum atomic E-state index is -0.0986. The summed E-state index contributed by atoms with van der Waals surface area (Å²) in [6.45, 7) is 1.45. The van der Waals surface area contributed by atoms with Gasteiger partial charge in [0.2, 0.25) is 0 Å². The lowest BCUT2D eigenvalue weighted by Crippen LogP contribution is -1.99. The Bertz CT molecular complexity index is 323. The molecule has 2 heteroatoms. The van der Waals surface area contributed by atoms with Crippen LogP contribution in [0.15, 0.2) is 18.3 Å². The first-order valence-corrected chi connectivity index (χ1v) is 3.18. The Morgan fingerprint density at radius 1 is 1.73 bits per heavy atom. The Labute approximate surface area is 65.3 Å². The number of nitrogens with zero attached hydrogens (tertiary/aromatic N) is 1.